The second-order valence-corrected chi connectivity index (χ2v) is 3.61. The fraction of sp³-hybridized carbons (Fsp3) is 0.727. The van der Waals surface area contributed by atoms with Crippen molar-refractivity contribution in [2.24, 2.45) is 0 Å². The third kappa shape index (κ3) is 7.80. The third-order valence-electron chi connectivity index (χ3n) is 1.71. The Hall–Kier alpha value is -0.830. The van der Waals surface area contributed by atoms with Crippen LogP contribution in [0.4, 0.5) is 0 Å². The van der Waals surface area contributed by atoms with Crippen LogP contribution in [0.5, 0.6) is 0 Å². The van der Waals surface area contributed by atoms with Crippen molar-refractivity contribution < 1.29 is 14.6 Å². The molecule has 0 aliphatic heterocycles. The van der Waals surface area contributed by atoms with Crippen LogP contribution in [0.15, 0.2) is 11.6 Å². The van der Waals surface area contributed by atoms with Crippen LogP contribution in [-0.4, -0.2) is 17.4 Å². The van der Waals surface area contributed by atoms with Gasteiger partial charge in [0.2, 0.25) is 6.29 Å². The standard InChI is InChI=1S/C11H20O3/c1-4-5-6-7-10(12)14-11(13)8-9(2)3/h8,10,12H,4-7H2,1-3H3. The van der Waals surface area contributed by atoms with Crippen molar-refractivity contribution in [3.8, 4) is 0 Å². The summed E-state index contributed by atoms with van der Waals surface area (Å²) in [5.74, 6) is -0.464. The van der Waals surface area contributed by atoms with Crippen molar-refractivity contribution in [1.82, 2.24) is 0 Å². The number of hydrogen-bond acceptors (Lipinski definition) is 3. The van der Waals surface area contributed by atoms with Gasteiger partial charge >= 0.3 is 5.97 Å². The van der Waals surface area contributed by atoms with Crippen LogP contribution >= 0.6 is 0 Å². The second-order valence-electron chi connectivity index (χ2n) is 3.61. The molecule has 1 atom stereocenters. The third-order valence-corrected chi connectivity index (χ3v) is 1.71. The molecule has 0 saturated heterocycles. The zero-order valence-electron chi connectivity index (χ0n) is 9.25. The van der Waals surface area contributed by atoms with E-state index in [1.165, 1.54) is 6.08 Å². The molecule has 1 unspecified atom stereocenters. The number of aliphatic hydroxyl groups excluding tert-OH is 1. The molecule has 0 amide bonds. The summed E-state index contributed by atoms with van der Waals surface area (Å²) in [6.07, 6.45) is 3.98. The van der Waals surface area contributed by atoms with Crippen LogP contribution in [0.3, 0.4) is 0 Å². The van der Waals surface area contributed by atoms with E-state index in [4.69, 9.17) is 4.74 Å². The summed E-state index contributed by atoms with van der Waals surface area (Å²) in [7, 11) is 0. The van der Waals surface area contributed by atoms with Gasteiger partial charge in [0.05, 0.1) is 0 Å². The molecular weight excluding hydrogens is 180 g/mol. The number of hydrogen-bond donors (Lipinski definition) is 1. The highest BCUT2D eigenvalue weighted by Crippen LogP contribution is 2.05. The van der Waals surface area contributed by atoms with Gasteiger partial charge in [0, 0.05) is 12.5 Å². The van der Waals surface area contributed by atoms with Gasteiger partial charge in [-0.3, -0.25) is 0 Å². The van der Waals surface area contributed by atoms with Gasteiger partial charge in [0.15, 0.2) is 0 Å². The van der Waals surface area contributed by atoms with Gasteiger partial charge in [0.25, 0.3) is 0 Å². The largest absolute Gasteiger partial charge is 0.433 e. The van der Waals surface area contributed by atoms with Gasteiger partial charge in [-0.25, -0.2) is 4.79 Å². The van der Waals surface area contributed by atoms with Crippen LogP contribution in [0.1, 0.15) is 46.5 Å². The smallest absolute Gasteiger partial charge is 0.332 e. The van der Waals surface area contributed by atoms with Crippen LogP contribution in [-0.2, 0) is 9.53 Å². The molecule has 1 N–H and O–H groups in total. The molecule has 0 rings (SSSR count). The molecule has 0 aliphatic carbocycles. The predicted octanol–water partition coefficient (Wildman–Crippen LogP) is 2.39. The number of carbonyl (C=O) groups excluding carboxylic acids is 1. The maximum absolute atomic E-state index is 11.0. The molecule has 14 heavy (non-hydrogen) atoms. The SMILES string of the molecule is CCCCCC(O)OC(=O)C=C(C)C. The second kappa shape index (κ2) is 7.56. The lowest BCUT2D eigenvalue weighted by Gasteiger charge is -2.09. The highest BCUT2D eigenvalue weighted by atomic mass is 16.6. The van der Waals surface area contributed by atoms with E-state index >= 15 is 0 Å². The number of ether oxygens (including phenoxy) is 1. The van der Waals surface area contributed by atoms with Gasteiger partial charge in [0.1, 0.15) is 0 Å². The fourth-order valence-electron chi connectivity index (χ4n) is 1.03. The maximum Gasteiger partial charge on any atom is 0.332 e. The lowest BCUT2D eigenvalue weighted by atomic mass is 10.2. The van der Waals surface area contributed by atoms with E-state index in [1.54, 1.807) is 0 Å². The molecule has 0 aromatic carbocycles. The van der Waals surface area contributed by atoms with Crippen molar-refractivity contribution in [1.29, 1.82) is 0 Å². The number of allylic oxidation sites excluding steroid dienone is 1. The highest BCUT2D eigenvalue weighted by molar-refractivity contribution is 5.82. The number of rotatable bonds is 6. The quantitative estimate of drug-likeness (QED) is 0.310. The molecule has 0 aromatic rings. The number of esters is 1. The summed E-state index contributed by atoms with van der Waals surface area (Å²) in [5.41, 5.74) is 0.871. The first kappa shape index (κ1) is 13.2. The Balaban J connectivity index is 3.66. The summed E-state index contributed by atoms with van der Waals surface area (Å²) >= 11 is 0. The van der Waals surface area contributed by atoms with E-state index in [1.807, 2.05) is 13.8 Å². The molecule has 0 fully saturated rings. The van der Waals surface area contributed by atoms with Gasteiger partial charge in [-0.05, 0) is 20.3 Å². The van der Waals surface area contributed by atoms with Crippen molar-refractivity contribution in [2.45, 2.75) is 52.7 Å². The monoisotopic (exact) mass is 200 g/mol. The van der Waals surface area contributed by atoms with Gasteiger partial charge in [-0.15, -0.1) is 0 Å². The molecule has 0 saturated carbocycles. The van der Waals surface area contributed by atoms with Gasteiger partial charge in [-0.2, -0.15) is 0 Å². The lowest BCUT2D eigenvalue weighted by Crippen LogP contribution is -2.16. The minimum absolute atomic E-state index is 0.464. The molecule has 3 heteroatoms. The zero-order chi connectivity index (χ0) is 11.0. The van der Waals surface area contributed by atoms with E-state index in [-0.39, 0.29) is 0 Å². The Morgan fingerprint density at radius 2 is 2.07 bits per heavy atom. The normalized spacial score (nSPS) is 12.0. The summed E-state index contributed by atoms with van der Waals surface area (Å²) in [6.45, 7) is 5.71. The van der Waals surface area contributed by atoms with E-state index in [9.17, 15) is 9.90 Å². The Morgan fingerprint density at radius 3 is 2.57 bits per heavy atom. The molecule has 0 heterocycles. The average molecular weight is 200 g/mol. The summed E-state index contributed by atoms with van der Waals surface area (Å²) in [4.78, 5) is 11.0. The Kier molecular flexibility index (Phi) is 7.11. The molecule has 0 aliphatic rings. The lowest BCUT2D eigenvalue weighted by molar-refractivity contribution is -0.162. The van der Waals surface area contributed by atoms with Crippen LogP contribution in [0, 0.1) is 0 Å². The first-order valence-electron chi connectivity index (χ1n) is 5.09. The molecule has 82 valence electrons. The van der Waals surface area contributed by atoms with Gasteiger partial charge < -0.3 is 9.84 Å². The first-order chi connectivity index (χ1) is 6.56. The Bertz CT molecular complexity index is 193. The Labute approximate surface area is 85.8 Å². The van der Waals surface area contributed by atoms with Crippen LogP contribution in [0.2, 0.25) is 0 Å². The minimum atomic E-state index is -0.954. The first-order valence-corrected chi connectivity index (χ1v) is 5.09. The molecule has 0 aromatic heterocycles. The molecule has 3 nitrogen and oxygen atoms in total. The van der Waals surface area contributed by atoms with E-state index in [2.05, 4.69) is 6.92 Å². The van der Waals surface area contributed by atoms with Gasteiger partial charge in [-0.1, -0.05) is 25.3 Å². The van der Waals surface area contributed by atoms with Crippen LogP contribution < -0.4 is 0 Å². The topological polar surface area (TPSA) is 46.5 Å². The van der Waals surface area contributed by atoms with Crippen molar-refractivity contribution in [3.05, 3.63) is 11.6 Å². The summed E-state index contributed by atoms with van der Waals surface area (Å²) < 4.78 is 4.75. The number of unbranched alkanes of at least 4 members (excludes halogenated alkanes) is 2. The van der Waals surface area contributed by atoms with E-state index in [0.29, 0.717) is 6.42 Å². The predicted molar refractivity (Wildman–Crippen MR) is 55.7 cm³/mol. The van der Waals surface area contributed by atoms with E-state index in [0.717, 1.165) is 24.8 Å². The zero-order valence-corrected chi connectivity index (χ0v) is 9.25. The summed E-state index contributed by atoms with van der Waals surface area (Å²) in [5, 5.41) is 9.29. The summed E-state index contributed by atoms with van der Waals surface area (Å²) in [6, 6.07) is 0. The average Bonchev–Trinajstić information content (AvgIpc) is 2.02. The van der Waals surface area contributed by atoms with E-state index < -0.39 is 12.3 Å². The van der Waals surface area contributed by atoms with Crippen molar-refractivity contribution in [2.75, 3.05) is 0 Å². The van der Waals surface area contributed by atoms with Crippen molar-refractivity contribution >= 4 is 5.97 Å². The molecule has 0 bridgehead atoms. The maximum atomic E-state index is 11.0. The number of aliphatic hydroxyl groups is 1. The Morgan fingerprint density at radius 1 is 1.43 bits per heavy atom. The van der Waals surface area contributed by atoms with Crippen LogP contribution in [0.25, 0.3) is 0 Å². The molecule has 0 radical (unpaired) electrons. The number of carbonyl (C=O) groups is 1. The molecular formula is C11H20O3. The van der Waals surface area contributed by atoms with Crippen molar-refractivity contribution in [3.63, 3.8) is 0 Å². The highest BCUT2D eigenvalue weighted by Gasteiger charge is 2.07. The fourth-order valence-corrected chi connectivity index (χ4v) is 1.03. The minimum Gasteiger partial charge on any atom is -0.433 e. The molecule has 0 spiro atoms.